The van der Waals surface area contributed by atoms with Gasteiger partial charge in [0.25, 0.3) is 5.56 Å². The number of aromatic nitrogens is 2. The highest BCUT2D eigenvalue weighted by molar-refractivity contribution is 5.85. The van der Waals surface area contributed by atoms with E-state index in [1.165, 1.54) is 30.9 Å². The number of hydrogen-bond donors (Lipinski definition) is 1. The molecular formula is C17H18N2O6. The fraction of sp³-hybridized carbons (Fsp3) is 0.235. The van der Waals surface area contributed by atoms with Crippen LogP contribution < -0.4 is 20.7 Å². The summed E-state index contributed by atoms with van der Waals surface area (Å²) in [6.45, 7) is 0.00247. The maximum atomic E-state index is 11.9. The lowest BCUT2D eigenvalue weighted by atomic mass is 10.2. The minimum atomic E-state index is -1.05. The smallest absolute Gasteiger partial charge is 0.330 e. The number of rotatable bonds is 6. The van der Waals surface area contributed by atoms with E-state index in [4.69, 9.17) is 14.6 Å². The van der Waals surface area contributed by atoms with Crippen LogP contribution in [0.5, 0.6) is 11.5 Å². The summed E-state index contributed by atoms with van der Waals surface area (Å²) >= 11 is 0. The average molecular weight is 346 g/mol. The molecule has 1 N–H and O–H groups in total. The Hall–Kier alpha value is -3.29. The second-order valence-corrected chi connectivity index (χ2v) is 5.25. The number of benzene rings is 1. The quantitative estimate of drug-likeness (QED) is 0.776. The minimum absolute atomic E-state index is 0.00247. The molecule has 0 saturated carbocycles. The molecular weight excluding hydrogens is 328 g/mol. The monoisotopic (exact) mass is 346 g/mol. The van der Waals surface area contributed by atoms with Crippen molar-refractivity contribution in [2.75, 3.05) is 7.11 Å². The van der Waals surface area contributed by atoms with Gasteiger partial charge in [-0.25, -0.2) is 9.59 Å². The maximum absolute atomic E-state index is 11.9. The van der Waals surface area contributed by atoms with Gasteiger partial charge in [-0.05, 0) is 23.8 Å². The van der Waals surface area contributed by atoms with Crippen LogP contribution in [0.2, 0.25) is 0 Å². The number of carbonyl (C=O) groups is 1. The topological polar surface area (TPSA) is 99.8 Å². The standard InChI is InChI=1S/C17H18N2O6/c1-18-12(9-15(20)19(2)17(18)23)10-25-13-6-4-11(5-7-16(21)22)8-14(13)24-3/h4-9H,10H2,1-3H3,(H,21,22)/b7-5-. The maximum Gasteiger partial charge on any atom is 0.330 e. The molecule has 8 heteroatoms. The van der Waals surface area contributed by atoms with Gasteiger partial charge in [0, 0.05) is 26.2 Å². The lowest BCUT2D eigenvalue weighted by Crippen LogP contribution is -2.38. The van der Waals surface area contributed by atoms with Gasteiger partial charge in [-0.2, -0.15) is 0 Å². The van der Waals surface area contributed by atoms with Crippen LogP contribution in [0.1, 0.15) is 11.3 Å². The highest BCUT2D eigenvalue weighted by atomic mass is 16.5. The van der Waals surface area contributed by atoms with Gasteiger partial charge in [-0.15, -0.1) is 0 Å². The fourth-order valence-corrected chi connectivity index (χ4v) is 2.14. The molecule has 0 aliphatic carbocycles. The Morgan fingerprint density at radius 2 is 1.88 bits per heavy atom. The summed E-state index contributed by atoms with van der Waals surface area (Å²) in [6, 6.07) is 6.25. The highest BCUT2D eigenvalue weighted by Crippen LogP contribution is 2.29. The van der Waals surface area contributed by atoms with Crippen molar-refractivity contribution in [2.45, 2.75) is 6.61 Å². The van der Waals surface area contributed by atoms with E-state index >= 15 is 0 Å². The Kier molecular flexibility index (Phi) is 5.43. The van der Waals surface area contributed by atoms with Gasteiger partial charge in [0.05, 0.1) is 12.8 Å². The molecule has 0 aliphatic rings. The van der Waals surface area contributed by atoms with E-state index < -0.39 is 17.2 Å². The molecule has 0 fully saturated rings. The van der Waals surface area contributed by atoms with Gasteiger partial charge in [-0.3, -0.25) is 13.9 Å². The second-order valence-electron chi connectivity index (χ2n) is 5.25. The van der Waals surface area contributed by atoms with Crippen LogP contribution in [0.4, 0.5) is 0 Å². The number of carboxylic acids is 1. The van der Waals surface area contributed by atoms with E-state index in [9.17, 15) is 14.4 Å². The van der Waals surface area contributed by atoms with Crippen LogP contribution >= 0.6 is 0 Å². The van der Waals surface area contributed by atoms with Crippen molar-refractivity contribution in [3.05, 3.63) is 62.4 Å². The Bertz CT molecular complexity index is 939. The molecule has 0 spiro atoms. The number of carboxylic acid groups (broad SMARTS) is 1. The zero-order chi connectivity index (χ0) is 18.6. The van der Waals surface area contributed by atoms with Crippen molar-refractivity contribution >= 4 is 12.0 Å². The number of ether oxygens (including phenoxy) is 2. The van der Waals surface area contributed by atoms with Gasteiger partial charge >= 0.3 is 11.7 Å². The number of aliphatic carboxylic acids is 1. The number of nitrogens with zero attached hydrogens (tertiary/aromatic N) is 2. The summed E-state index contributed by atoms with van der Waals surface area (Å²) in [5, 5.41) is 8.66. The first-order valence-corrected chi connectivity index (χ1v) is 7.31. The fourth-order valence-electron chi connectivity index (χ4n) is 2.14. The third-order valence-corrected chi connectivity index (χ3v) is 3.61. The van der Waals surface area contributed by atoms with Crippen LogP contribution in [-0.2, 0) is 25.5 Å². The molecule has 0 unspecified atom stereocenters. The molecule has 0 aliphatic heterocycles. The summed E-state index contributed by atoms with van der Waals surface area (Å²) in [6.07, 6.45) is 2.45. The predicted molar refractivity (Wildman–Crippen MR) is 90.9 cm³/mol. The Morgan fingerprint density at radius 1 is 1.16 bits per heavy atom. The molecule has 0 saturated heterocycles. The van der Waals surface area contributed by atoms with Gasteiger partial charge in [0.2, 0.25) is 0 Å². The molecule has 0 atom stereocenters. The zero-order valence-electron chi connectivity index (χ0n) is 14.1. The van der Waals surface area contributed by atoms with Crippen LogP contribution in [0.15, 0.2) is 39.9 Å². The molecule has 0 bridgehead atoms. The first kappa shape index (κ1) is 18.1. The average Bonchev–Trinajstić information content (AvgIpc) is 2.60. The van der Waals surface area contributed by atoms with Gasteiger partial charge in [0.15, 0.2) is 11.5 Å². The van der Waals surface area contributed by atoms with Gasteiger partial charge in [-0.1, -0.05) is 6.07 Å². The normalized spacial score (nSPS) is 10.8. The van der Waals surface area contributed by atoms with Crippen LogP contribution in [0.3, 0.4) is 0 Å². The molecule has 1 aromatic heterocycles. The summed E-state index contributed by atoms with van der Waals surface area (Å²) in [4.78, 5) is 34.2. The largest absolute Gasteiger partial charge is 0.493 e. The van der Waals surface area contributed by atoms with Crippen molar-refractivity contribution in [2.24, 2.45) is 14.1 Å². The minimum Gasteiger partial charge on any atom is -0.493 e. The molecule has 2 rings (SSSR count). The SMILES string of the molecule is COc1cc(/C=C\C(=O)O)ccc1OCc1cc(=O)n(C)c(=O)n1C. The predicted octanol–water partition coefficient (Wildman–Crippen LogP) is 0.769. The molecule has 1 aromatic carbocycles. The lowest BCUT2D eigenvalue weighted by molar-refractivity contribution is -0.131. The number of methoxy groups -OCH3 is 1. The summed E-state index contributed by atoms with van der Waals surface area (Å²) in [5.41, 5.74) is 0.202. The molecule has 8 nitrogen and oxygen atoms in total. The Labute approximate surface area is 143 Å². The molecule has 0 amide bonds. The van der Waals surface area contributed by atoms with E-state index in [1.807, 2.05) is 0 Å². The van der Waals surface area contributed by atoms with Crippen molar-refractivity contribution in [3.8, 4) is 11.5 Å². The van der Waals surface area contributed by atoms with Crippen LogP contribution in [0.25, 0.3) is 6.08 Å². The molecule has 0 radical (unpaired) electrons. The van der Waals surface area contributed by atoms with E-state index in [0.717, 1.165) is 10.6 Å². The molecule has 1 heterocycles. The molecule has 132 valence electrons. The lowest BCUT2D eigenvalue weighted by Gasteiger charge is -2.13. The molecule has 25 heavy (non-hydrogen) atoms. The third-order valence-electron chi connectivity index (χ3n) is 3.61. The second kappa shape index (κ2) is 7.52. The van der Waals surface area contributed by atoms with E-state index in [0.29, 0.717) is 22.8 Å². The molecule has 2 aromatic rings. The Morgan fingerprint density at radius 3 is 2.52 bits per heavy atom. The van der Waals surface area contributed by atoms with E-state index in [1.54, 1.807) is 25.2 Å². The zero-order valence-corrected chi connectivity index (χ0v) is 14.1. The number of hydrogen-bond acceptors (Lipinski definition) is 5. The third kappa shape index (κ3) is 4.17. The first-order valence-electron chi connectivity index (χ1n) is 7.31. The van der Waals surface area contributed by atoms with Crippen molar-refractivity contribution in [1.29, 1.82) is 0 Å². The van der Waals surface area contributed by atoms with Crippen molar-refractivity contribution in [1.82, 2.24) is 9.13 Å². The van der Waals surface area contributed by atoms with Gasteiger partial charge < -0.3 is 14.6 Å². The highest BCUT2D eigenvalue weighted by Gasteiger charge is 2.09. The summed E-state index contributed by atoms with van der Waals surface area (Å²) in [5.74, 6) is -0.240. The van der Waals surface area contributed by atoms with Crippen molar-refractivity contribution in [3.63, 3.8) is 0 Å². The van der Waals surface area contributed by atoms with Gasteiger partial charge in [0.1, 0.15) is 6.61 Å². The van der Waals surface area contributed by atoms with E-state index in [2.05, 4.69) is 0 Å². The van der Waals surface area contributed by atoms with Crippen molar-refractivity contribution < 1.29 is 19.4 Å². The first-order chi connectivity index (χ1) is 11.8. The summed E-state index contributed by atoms with van der Waals surface area (Å²) in [7, 11) is 4.42. The van der Waals surface area contributed by atoms with Crippen LogP contribution in [0, 0.1) is 0 Å². The Balaban J connectivity index is 2.25. The van der Waals surface area contributed by atoms with E-state index in [-0.39, 0.29) is 6.61 Å². The summed E-state index contributed by atoms with van der Waals surface area (Å²) < 4.78 is 13.2. The van der Waals surface area contributed by atoms with Crippen LogP contribution in [-0.4, -0.2) is 27.3 Å².